The molecule has 2 saturated heterocycles. The third-order valence-corrected chi connectivity index (χ3v) is 4.27. The van der Waals surface area contributed by atoms with Crippen molar-refractivity contribution in [1.29, 1.82) is 0 Å². The van der Waals surface area contributed by atoms with E-state index >= 15 is 0 Å². The highest BCUT2D eigenvalue weighted by Crippen LogP contribution is 2.35. The molecule has 3 rings (SSSR count). The number of pyridine rings is 1. The molecule has 1 aromatic heterocycles. The van der Waals surface area contributed by atoms with Crippen LogP contribution in [0.25, 0.3) is 0 Å². The molecule has 2 aliphatic heterocycles. The van der Waals surface area contributed by atoms with Gasteiger partial charge in [0.25, 0.3) is 0 Å². The molecule has 3 heterocycles. The SMILES string of the molecule is Brc1cncc(OC2CCOC3(CCOCC3)C2)c1. The molecular weight excluding hydrogens is 310 g/mol. The second-order valence-corrected chi connectivity index (χ2v) is 6.13. The molecule has 104 valence electrons. The topological polar surface area (TPSA) is 40.6 Å². The van der Waals surface area contributed by atoms with Crippen molar-refractivity contribution < 1.29 is 14.2 Å². The summed E-state index contributed by atoms with van der Waals surface area (Å²) in [7, 11) is 0. The van der Waals surface area contributed by atoms with Gasteiger partial charge in [0, 0.05) is 36.7 Å². The Morgan fingerprint density at radius 3 is 2.89 bits per heavy atom. The van der Waals surface area contributed by atoms with Crippen LogP contribution in [0.3, 0.4) is 0 Å². The zero-order valence-electron chi connectivity index (χ0n) is 10.8. The lowest BCUT2D eigenvalue weighted by atomic mass is 9.85. The van der Waals surface area contributed by atoms with Gasteiger partial charge in [0.1, 0.15) is 11.9 Å². The standard InChI is InChI=1S/C14H18BrNO3/c15-11-7-13(10-16-9-11)19-12-1-4-18-14(8-12)2-5-17-6-3-14/h7,9-10,12H,1-6,8H2. The van der Waals surface area contributed by atoms with Gasteiger partial charge in [0.2, 0.25) is 0 Å². The van der Waals surface area contributed by atoms with E-state index in [9.17, 15) is 0 Å². The van der Waals surface area contributed by atoms with Crippen LogP contribution in [0.4, 0.5) is 0 Å². The summed E-state index contributed by atoms with van der Waals surface area (Å²) in [6.07, 6.45) is 7.57. The first-order valence-corrected chi connectivity index (χ1v) is 7.54. The van der Waals surface area contributed by atoms with E-state index < -0.39 is 0 Å². The Balaban J connectivity index is 1.65. The van der Waals surface area contributed by atoms with E-state index in [2.05, 4.69) is 20.9 Å². The van der Waals surface area contributed by atoms with Crippen LogP contribution in [-0.4, -0.2) is 36.5 Å². The summed E-state index contributed by atoms with van der Waals surface area (Å²) in [5.74, 6) is 0.823. The molecule has 2 aliphatic rings. The van der Waals surface area contributed by atoms with Crippen LogP contribution in [0.5, 0.6) is 5.75 Å². The van der Waals surface area contributed by atoms with Gasteiger partial charge in [-0.05, 0) is 34.8 Å². The number of hydrogen-bond acceptors (Lipinski definition) is 4. The van der Waals surface area contributed by atoms with Crippen molar-refractivity contribution in [2.75, 3.05) is 19.8 Å². The molecule has 2 fully saturated rings. The van der Waals surface area contributed by atoms with E-state index in [1.54, 1.807) is 12.4 Å². The highest BCUT2D eigenvalue weighted by molar-refractivity contribution is 9.10. The summed E-state index contributed by atoms with van der Waals surface area (Å²) in [6, 6.07) is 1.96. The van der Waals surface area contributed by atoms with Crippen LogP contribution in [0.2, 0.25) is 0 Å². The minimum absolute atomic E-state index is 0.0272. The van der Waals surface area contributed by atoms with Crippen molar-refractivity contribution in [3.8, 4) is 5.75 Å². The summed E-state index contributed by atoms with van der Waals surface area (Å²) in [4.78, 5) is 4.13. The molecule has 0 radical (unpaired) electrons. The zero-order valence-corrected chi connectivity index (χ0v) is 12.4. The molecule has 0 aliphatic carbocycles. The van der Waals surface area contributed by atoms with E-state index in [1.807, 2.05) is 6.07 Å². The molecule has 19 heavy (non-hydrogen) atoms. The van der Waals surface area contributed by atoms with Gasteiger partial charge in [-0.15, -0.1) is 0 Å². The first-order valence-electron chi connectivity index (χ1n) is 6.75. The average molecular weight is 328 g/mol. The number of aromatic nitrogens is 1. The largest absolute Gasteiger partial charge is 0.489 e. The summed E-state index contributed by atoms with van der Waals surface area (Å²) in [6.45, 7) is 2.36. The van der Waals surface area contributed by atoms with Gasteiger partial charge in [-0.2, -0.15) is 0 Å². The van der Waals surface area contributed by atoms with E-state index in [0.29, 0.717) is 0 Å². The Morgan fingerprint density at radius 2 is 2.11 bits per heavy atom. The number of halogens is 1. The van der Waals surface area contributed by atoms with Crippen molar-refractivity contribution in [2.24, 2.45) is 0 Å². The maximum absolute atomic E-state index is 6.05. The quantitative estimate of drug-likeness (QED) is 0.837. The van der Waals surface area contributed by atoms with Gasteiger partial charge in [-0.3, -0.25) is 4.98 Å². The molecule has 0 N–H and O–H groups in total. The van der Waals surface area contributed by atoms with Crippen molar-refractivity contribution in [2.45, 2.75) is 37.4 Å². The van der Waals surface area contributed by atoms with Crippen LogP contribution in [0, 0.1) is 0 Å². The summed E-state index contributed by atoms with van der Waals surface area (Å²) in [5.41, 5.74) is -0.0272. The highest BCUT2D eigenvalue weighted by Gasteiger charge is 2.39. The minimum atomic E-state index is -0.0272. The highest BCUT2D eigenvalue weighted by atomic mass is 79.9. The number of hydrogen-bond donors (Lipinski definition) is 0. The normalized spacial score (nSPS) is 26.3. The van der Waals surface area contributed by atoms with Crippen molar-refractivity contribution in [3.05, 3.63) is 22.9 Å². The van der Waals surface area contributed by atoms with Crippen LogP contribution in [0.15, 0.2) is 22.9 Å². The van der Waals surface area contributed by atoms with E-state index in [0.717, 1.165) is 55.7 Å². The molecule has 5 heteroatoms. The molecule has 0 saturated carbocycles. The van der Waals surface area contributed by atoms with Crippen LogP contribution in [-0.2, 0) is 9.47 Å². The molecule has 1 atom stereocenters. The lowest BCUT2D eigenvalue weighted by molar-refractivity contribution is -0.155. The van der Waals surface area contributed by atoms with E-state index in [-0.39, 0.29) is 11.7 Å². The number of nitrogens with zero attached hydrogens (tertiary/aromatic N) is 1. The van der Waals surface area contributed by atoms with Crippen molar-refractivity contribution in [3.63, 3.8) is 0 Å². The summed E-state index contributed by atoms with van der Waals surface area (Å²) < 4.78 is 18.4. The second-order valence-electron chi connectivity index (χ2n) is 5.22. The first kappa shape index (κ1) is 13.3. The number of ether oxygens (including phenoxy) is 3. The Kier molecular flexibility index (Phi) is 4.05. The Bertz CT molecular complexity index is 429. The average Bonchev–Trinajstić information content (AvgIpc) is 2.40. The fraction of sp³-hybridized carbons (Fsp3) is 0.643. The van der Waals surface area contributed by atoms with Gasteiger partial charge >= 0.3 is 0 Å². The zero-order chi connectivity index (χ0) is 13.1. The van der Waals surface area contributed by atoms with Crippen LogP contribution in [0.1, 0.15) is 25.7 Å². The molecule has 0 amide bonds. The van der Waals surface area contributed by atoms with Crippen LogP contribution < -0.4 is 4.74 Å². The lowest BCUT2D eigenvalue weighted by Crippen LogP contribution is -2.47. The van der Waals surface area contributed by atoms with Gasteiger partial charge < -0.3 is 14.2 Å². The van der Waals surface area contributed by atoms with Crippen molar-refractivity contribution in [1.82, 2.24) is 4.98 Å². The van der Waals surface area contributed by atoms with Gasteiger partial charge in [-0.1, -0.05) is 0 Å². The maximum Gasteiger partial charge on any atom is 0.139 e. The molecular formula is C14H18BrNO3. The number of rotatable bonds is 2. The molecule has 4 nitrogen and oxygen atoms in total. The molecule has 1 unspecified atom stereocenters. The van der Waals surface area contributed by atoms with E-state index in [1.165, 1.54) is 0 Å². The van der Waals surface area contributed by atoms with Crippen LogP contribution >= 0.6 is 15.9 Å². The molecule has 1 aromatic rings. The van der Waals surface area contributed by atoms with Crippen molar-refractivity contribution >= 4 is 15.9 Å². The summed E-state index contributed by atoms with van der Waals surface area (Å²) in [5, 5.41) is 0. The van der Waals surface area contributed by atoms with E-state index in [4.69, 9.17) is 14.2 Å². The Hall–Kier alpha value is -0.650. The Morgan fingerprint density at radius 1 is 1.26 bits per heavy atom. The molecule has 0 aromatic carbocycles. The third kappa shape index (κ3) is 3.27. The van der Waals surface area contributed by atoms with Gasteiger partial charge in [0.15, 0.2) is 0 Å². The second kappa shape index (κ2) is 5.77. The third-order valence-electron chi connectivity index (χ3n) is 3.83. The molecule has 1 spiro atoms. The fourth-order valence-corrected chi connectivity index (χ4v) is 3.17. The maximum atomic E-state index is 6.05. The Labute approximate surface area is 121 Å². The monoisotopic (exact) mass is 327 g/mol. The minimum Gasteiger partial charge on any atom is -0.489 e. The predicted octanol–water partition coefficient (Wildman–Crippen LogP) is 2.95. The molecule has 0 bridgehead atoms. The first-order chi connectivity index (χ1) is 9.26. The summed E-state index contributed by atoms with van der Waals surface area (Å²) >= 11 is 3.41. The predicted molar refractivity (Wildman–Crippen MR) is 74.3 cm³/mol. The lowest BCUT2D eigenvalue weighted by Gasteiger charge is -2.43. The fourth-order valence-electron chi connectivity index (χ4n) is 2.82. The smallest absolute Gasteiger partial charge is 0.139 e. The van der Waals surface area contributed by atoms with Gasteiger partial charge in [-0.25, -0.2) is 0 Å². The van der Waals surface area contributed by atoms with Gasteiger partial charge in [0.05, 0.1) is 18.4 Å².